The molecule has 8 heteroatoms. The molecule has 3 aromatic heterocycles. The van der Waals surface area contributed by atoms with E-state index in [1.165, 1.54) is 4.68 Å². The highest BCUT2D eigenvalue weighted by Crippen LogP contribution is 2.27. The van der Waals surface area contributed by atoms with Gasteiger partial charge in [0.2, 0.25) is 11.9 Å². The molecule has 0 aliphatic carbocycles. The minimum atomic E-state index is -0.205. The van der Waals surface area contributed by atoms with E-state index >= 15 is 0 Å². The molecule has 1 amide bonds. The van der Waals surface area contributed by atoms with E-state index in [1.54, 1.807) is 24.3 Å². The van der Waals surface area contributed by atoms with Crippen LogP contribution in [0.4, 0.5) is 5.82 Å². The third kappa shape index (κ3) is 4.89. The van der Waals surface area contributed by atoms with Crippen molar-refractivity contribution in [2.24, 2.45) is 0 Å². The number of hydrogen-bond donors (Lipinski definition) is 2. The van der Waals surface area contributed by atoms with Crippen LogP contribution in [0.15, 0.2) is 83.0 Å². The van der Waals surface area contributed by atoms with E-state index in [-0.39, 0.29) is 23.8 Å². The second-order valence-corrected chi connectivity index (χ2v) is 9.35. The standard InChI is InChI=1S/C28H25N5O2S/c1-3-22-18(2)29-28(31-27(22)35)33-25(17-23(32-33)24-10-7-15-36-24)30-26(34)16-19-11-13-21(14-12-19)20-8-5-4-6-9-20/h4-15,17H,3,16H2,1-2H3,(H,30,34)(H,29,31,35). The molecule has 0 aliphatic heterocycles. The quantitative estimate of drug-likeness (QED) is 0.316. The zero-order chi connectivity index (χ0) is 25.1. The molecular formula is C28H25N5O2S. The molecule has 0 spiro atoms. The average molecular weight is 496 g/mol. The number of H-pyrrole nitrogens is 1. The van der Waals surface area contributed by atoms with Crippen molar-refractivity contribution in [1.29, 1.82) is 0 Å². The maximum absolute atomic E-state index is 13.0. The van der Waals surface area contributed by atoms with Crippen molar-refractivity contribution in [3.8, 4) is 27.6 Å². The number of rotatable bonds is 7. The van der Waals surface area contributed by atoms with Crippen molar-refractivity contribution >= 4 is 23.1 Å². The fourth-order valence-electron chi connectivity index (χ4n) is 4.11. The van der Waals surface area contributed by atoms with Gasteiger partial charge in [-0.3, -0.25) is 14.6 Å². The van der Waals surface area contributed by atoms with Crippen LogP contribution < -0.4 is 10.9 Å². The fourth-order valence-corrected chi connectivity index (χ4v) is 4.79. The summed E-state index contributed by atoms with van der Waals surface area (Å²) in [6.45, 7) is 3.72. The van der Waals surface area contributed by atoms with Gasteiger partial charge in [0.25, 0.3) is 5.56 Å². The molecule has 0 radical (unpaired) electrons. The highest BCUT2D eigenvalue weighted by atomic mass is 32.1. The maximum Gasteiger partial charge on any atom is 0.255 e. The van der Waals surface area contributed by atoms with Crippen LogP contribution in [-0.2, 0) is 17.6 Å². The van der Waals surface area contributed by atoms with Gasteiger partial charge in [-0.25, -0.2) is 4.98 Å². The molecule has 0 saturated carbocycles. The van der Waals surface area contributed by atoms with Gasteiger partial charge in [0.1, 0.15) is 11.5 Å². The lowest BCUT2D eigenvalue weighted by atomic mass is 10.0. The summed E-state index contributed by atoms with van der Waals surface area (Å²) >= 11 is 1.55. The zero-order valence-corrected chi connectivity index (χ0v) is 20.8. The van der Waals surface area contributed by atoms with Gasteiger partial charge < -0.3 is 5.32 Å². The van der Waals surface area contributed by atoms with Gasteiger partial charge in [-0.2, -0.15) is 9.78 Å². The lowest BCUT2D eigenvalue weighted by molar-refractivity contribution is -0.115. The topological polar surface area (TPSA) is 92.7 Å². The number of thiophene rings is 1. The highest BCUT2D eigenvalue weighted by Gasteiger charge is 2.17. The number of benzene rings is 2. The van der Waals surface area contributed by atoms with Crippen molar-refractivity contribution in [3.63, 3.8) is 0 Å². The summed E-state index contributed by atoms with van der Waals surface area (Å²) in [4.78, 5) is 33.9. The first kappa shape index (κ1) is 23.4. The van der Waals surface area contributed by atoms with Gasteiger partial charge in [0.15, 0.2) is 0 Å². The van der Waals surface area contributed by atoms with Crippen LogP contribution in [0.5, 0.6) is 0 Å². The molecule has 5 rings (SSSR count). The Morgan fingerprint density at radius 3 is 2.44 bits per heavy atom. The Hall–Kier alpha value is -4.30. The highest BCUT2D eigenvalue weighted by molar-refractivity contribution is 7.13. The van der Waals surface area contributed by atoms with Crippen LogP contribution in [0.1, 0.15) is 23.7 Å². The molecular weight excluding hydrogens is 470 g/mol. The minimum absolute atomic E-state index is 0.189. The zero-order valence-electron chi connectivity index (χ0n) is 20.0. The number of aromatic amines is 1. The first-order chi connectivity index (χ1) is 17.5. The first-order valence-electron chi connectivity index (χ1n) is 11.7. The lowest BCUT2D eigenvalue weighted by Gasteiger charge is -2.10. The van der Waals surface area contributed by atoms with E-state index in [1.807, 2.05) is 66.9 Å². The largest absolute Gasteiger partial charge is 0.310 e. The van der Waals surface area contributed by atoms with E-state index in [0.717, 1.165) is 21.6 Å². The summed E-state index contributed by atoms with van der Waals surface area (Å²) in [5.41, 5.74) is 4.88. The summed E-state index contributed by atoms with van der Waals surface area (Å²) in [6, 6.07) is 23.8. The maximum atomic E-state index is 13.0. The summed E-state index contributed by atoms with van der Waals surface area (Å²) in [5, 5.41) is 9.57. The second kappa shape index (κ2) is 10.1. The van der Waals surface area contributed by atoms with Crippen molar-refractivity contribution in [2.45, 2.75) is 26.7 Å². The van der Waals surface area contributed by atoms with Crippen molar-refractivity contribution in [3.05, 3.63) is 105 Å². The summed E-state index contributed by atoms with van der Waals surface area (Å²) in [7, 11) is 0. The molecule has 0 unspecified atom stereocenters. The van der Waals surface area contributed by atoms with E-state index in [9.17, 15) is 9.59 Å². The normalized spacial score (nSPS) is 10.9. The Labute approximate surface area is 212 Å². The molecule has 0 saturated heterocycles. The number of nitrogens with one attached hydrogen (secondary N) is 2. The van der Waals surface area contributed by atoms with Crippen LogP contribution in [-0.4, -0.2) is 25.7 Å². The molecule has 5 aromatic rings. The van der Waals surface area contributed by atoms with Crippen LogP contribution in [0.3, 0.4) is 0 Å². The van der Waals surface area contributed by atoms with E-state index in [4.69, 9.17) is 0 Å². The predicted molar refractivity (Wildman–Crippen MR) is 144 cm³/mol. The number of anilines is 1. The molecule has 7 nitrogen and oxygen atoms in total. The SMILES string of the molecule is CCc1c(C)nc(-n2nc(-c3cccs3)cc2NC(=O)Cc2ccc(-c3ccccc3)cc2)[nH]c1=O. The number of aromatic nitrogens is 4. The number of carbonyl (C=O) groups is 1. The van der Waals surface area contributed by atoms with Crippen LogP contribution >= 0.6 is 11.3 Å². The molecule has 2 aromatic carbocycles. The number of hydrogen-bond acceptors (Lipinski definition) is 5. The Morgan fingerprint density at radius 2 is 1.78 bits per heavy atom. The smallest absolute Gasteiger partial charge is 0.255 e. The molecule has 36 heavy (non-hydrogen) atoms. The fraction of sp³-hybridized carbons (Fsp3) is 0.143. The number of aryl methyl sites for hydroxylation is 1. The molecule has 180 valence electrons. The Morgan fingerprint density at radius 1 is 1.03 bits per heavy atom. The average Bonchev–Trinajstić information content (AvgIpc) is 3.55. The predicted octanol–water partition coefficient (Wildman–Crippen LogP) is 5.40. The van der Waals surface area contributed by atoms with Gasteiger partial charge in [0, 0.05) is 17.3 Å². The Kier molecular flexibility index (Phi) is 6.60. The van der Waals surface area contributed by atoms with Crippen molar-refractivity contribution < 1.29 is 4.79 Å². The molecule has 0 bridgehead atoms. The van der Waals surface area contributed by atoms with Gasteiger partial charge in [-0.1, -0.05) is 67.6 Å². The van der Waals surface area contributed by atoms with Gasteiger partial charge in [-0.05, 0) is 41.5 Å². The Bertz CT molecular complexity index is 1550. The van der Waals surface area contributed by atoms with Gasteiger partial charge in [0.05, 0.1) is 11.3 Å². The third-order valence-corrected chi connectivity index (χ3v) is 6.83. The summed E-state index contributed by atoms with van der Waals surface area (Å²) in [6.07, 6.45) is 0.785. The van der Waals surface area contributed by atoms with Crippen molar-refractivity contribution in [1.82, 2.24) is 19.7 Å². The van der Waals surface area contributed by atoms with E-state index in [0.29, 0.717) is 29.2 Å². The van der Waals surface area contributed by atoms with Gasteiger partial charge >= 0.3 is 0 Å². The summed E-state index contributed by atoms with van der Waals surface area (Å²) < 4.78 is 1.49. The third-order valence-electron chi connectivity index (χ3n) is 5.94. The monoisotopic (exact) mass is 495 g/mol. The number of carbonyl (C=O) groups excluding carboxylic acids is 1. The molecule has 2 N–H and O–H groups in total. The van der Waals surface area contributed by atoms with Crippen LogP contribution in [0.2, 0.25) is 0 Å². The number of nitrogens with zero attached hydrogens (tertiary/aromatic N) is 3. The van der Waals surface area contributed by atoms with E-state index < -0.39 is 0 Å². The van der Waals surface area contributed by atoms with Crippen LogP contribution in [0.25, 0.3) is 27.6 Å². The first-order valence-corrected chi connectivity index (χ1v) is 12.6. The molecule has 0 aliphatic rings. The lowest BCUT2D eigenvalue weighted by Crippen LogP contribution is -2.22. The van der Waals surface area contributed by atoms with E-state index in [2.05, 4.69) is 32.5 Å². The number of amides is 1. The molecule has 0 fully saturated rings. The molecule has 3 heterocycles. The van der Waals surface area contributed by atoms with Crippen molar-refractivity contribution in [2.75, 3.05) is 5.32 Å². The van der Waals surface area contributed by atoms with Gasteiger partial charge in [-0.15, -0.1) is 11.3 Å². The summed E-state index contributed by atoms with van der Waals surface area (Å²) in [5.74, 6) is 0.515. The molecule has 0 atom stereocenters. The minimum Gasteiger partial charge on any atom is -0.310 e. The van der Waals surface area contributed by atoms with Crippen LogP contribution in [0, 0.1) is 6.92 Å². The Balaban J connectivity index is 1.41. The second-order valence-electron chi connectivity index (χ2n) is 8.40.